The average molecular weight is 589 g/mol. The fourth-order valence-corrected chi connectivity index (χ4v) is 6.26. The Labute approximate surface area is 244 Å². The summed E-state index contributed by atoms with van der Waals surface area (Å²) in [4.78, 5) is 30.3. The number of imidazole rings is 1. The number of thiazole rings is 1. The molecule has 0 unspecified atom stereocenters. The Hall–Kier alpha value is -4.13. The van der Waals surface area contributed by atoms with E-state index < -0.39 is 5.97 Å². The van der Waals surface area contributed by atoms with Crippen molar-refractivity contribution in [2.75, 3.05) is 37.7 Å². The summed E-state index contributed by atoms with van der Waals surface area (Å²) in [5, 5.41) is 10.3. The van der Waals surface area contributed by atoms with E-state index in [-0.39, 0.29) is 24.1 Å². The topological polar surface area (TPSA) is 106 Å². The van der Waals surface area contributed by atoms with Crippen molar-refractivity contribution in [3.8, 4) is 5.88 Å². The number of rotatable bonds is 9. The maximum atomic E-state index is 13.5. The smallest absolute Gasteiger partial charge is 0.335 e. The Balaban J connectivity index is 1.000. The molecule has 216 valence electrons. The highest BCUT2D eigenvalue weighted by molar-refractivity contribution is 7.18. The van der Waals surface area contributed by atoms with Gasteiger partial charge in [0, 0.05) is 44.9 Å². The molecule has 2 aromatic carbocycles. The van der Waals surface area contributed by atoms with E-state index in [0.717, 1.165) is 71.6 Å². The van der Waals surface area contributed by atoms with Crippen molar-refractivity contribution in [3.05, 3.63) is 76.8 Å². The van der Waals surface area contributed by atoms with E-state index in [1.165, 1.54) is 23.5 Å². The lowest BCUT2D eigenvalue weighted by molar-refractivity contribution is -0.0592. The third-order valence-corrected chi connectivity index (χ3v) is 8.77. The molecule has 42 heavy (non-hydrogen) atoms. The summed E-state index contributed by atoms with van der Waals surface area (Å²) in [6, 6.07) is 15.5. The van der Waals surface area contributed by atoms with Gasteiger partial charge in [-0.3, -0.25) is 4.90 Å². The van der Waals surface area contributed by atoms with Gasteiger partial charge in [0.05, 0.1) is 46.0 Å². The lowest BCUT2D eigenvalue weighted by Crippen LogP contribution is -2.46. The number of piperazine rings is 1. The molecule has 0 bridgehead atoms. The maximum absolute atomic E-state index is 13.5. The van der Waals surface area contributed by atoms with Crippen molar-refractivity contribution in [1.29, 1.82) is 0 Å². The number of pyridine rings is 1. The van der Waals surface area contributed by atoms with Gasteiger partial charge < -0.3 is 24.0 Å². The molecule has 1 atom stereocenters. The van der Waals surface area contributed by atoms with Crippen LogP contribution in [-0.2, 0) is 24.4 Å². The molecule has 1 N–H and O–H groups in total. The van der Waals surface area contributed by atoms with Gasteiger partial charge in [-0.15, -0.1) is 11.3 Å². The monoisotopic (exact) mass is 588 g/mol. The lowest BCUT2D eigenvalue weighted by atomic mass is 10.1. The second kappa shape index (κ2) is 11.3. The van der Waals surface area contributed by atoms with E-state index >= 15 is 0 Å². The first-order valence-electron chi connectivity index (χ1n) is 13.9. The van der Waals surface area contributed by atoms with Crippen LogP contribution in [0.25, 0.3) is 21.3 Å². The van der Waals surface area contributed by atoms with Crippen LogP contribution in [0.15, 0.2) is 54.6 Å². The first-order valence-corrected chi connectivity index (χ1v) is 14.8. The highest BCUT2D eigenvalue weighted by Crippen LogP contribution is 2.26. The zero-order valence-electron chi connectivity index (χ0n) is 22.8. The number of aromatic nitrogens is 4. The van der Waals surface area contributed by atoms with Crippen LogP contribution in [0.1, 0.15) is 27.6 Å². The minimum atomic E-state index is -0.946. The predicted molar refractivity (Wildman–Crippen MR) is 157 cm³/mol. The third kappa shape index (κ3) is 5.52. The number of carbonyl (C=O) groups is 1. The lowest BCUT2D eigenvalue weighted by Gasteiger charge is -2.35. The van der Waals surface area contributed by atoms with Crippen molar-refractivity contribution >= 4 is 44.4 Å². The number of fused-ring (bicyclic) bond motifs is 2. The van der Waals surface area contributed by atoms with Gasteiger partial charge in [0.15, 0.2) is 0 Å². The molecule has 0 radical (unpaired) electrons. The number of benzene rings is 2. The standard InChI is InChI=1S/C30H29FN6O4S/c31-20-5-7-25-23(15-20)33-29(42-25)18-41-28-3-1-2-26(34-28)36-11-9-35(10-12-36)17-27-32-22-6-4-19(30(38)39)14-24(22)37(27)16-21-8-13-40-21/h1-7,14-15,21H,8-13,16-18H2,(H,38,39)/t21-/m0/s1. The number of halogens is 1. The van der Waals surface area contributed by atoms with E-state index in [9.17, 15) is 14.3 Å². The van der Waals surface area contributed by atoms with E-state index in [1.807, 2.05) is 18.2 Å². The number of nitrogens with zero attached hydrogens (tertiary/aromatic N) is 6. The van der Waals surface area contributed by atoms with Gasteiger partial charge in [-0.25, -0.2) is 19.2 Å². The van der Waals surface area contributed by atoms with Crippen LogP contribution < -0.4 is 9.64 Å². The minimum absolute atomic E-state index is 0.129. The van der Waals surface area contributed by atoms with Gasteiger partial charge in [-0.05, 0) is 42.8 Å². The molecule has 5 aromatic rings. The van der Waals surface area contributed by atoms with Gasteiger partial charge in [-0.2, -0.15) is 4.98 Å². The fourth-order valence-electron chi connectivity index (χ4n) is 5.40. The highest BCUT2D eigenvalue weighted by atomic mass is 32.1. The van der Waals surface area contributed by atoms with Crippen LogP contribution in [-0.4, -0.2) is 74.4 Å². The van der Waals surface area contributed by atoms with Crippen molar-refractivity contribution in [1.82, 2.24) is 24.4 Å². The SMILES string of the molecule is O=C(O)c1ccc2nc(CN3CCN(c4cccc(OCc5nc6cc(F)ccc6s5)n4)CC3)n(C[C@@H]3CCO3)c2c1. The largest absolute Gasteiger partial charge is 0.478 e. The number of hydrogen-bond donors (Lipinski definition) is 1. The number of aromatic carboxylic acids is 1. The van der Waals surface area contributed by atoms with Crippen LogP contribution in [0.5, 0.6) is 5.88 Å². The highest BCUT2D eigenvalue weighted by Gasteiger charge is 2.25. The maximum Gasteiger partial charge on any atom is 0.335 e. The molecule has 3 aromatic heterocycles. The van der Waals surface area contributed by atoms with Crippen molar-refractivity contribution in [2.24, 2.45) is 0 Å². The van der Waals surface area contributed by atoms with Crippen LogP contribution >= 0.6 is 11.3 Å². The molecule has 10 nitrogen and oxygen atoms in total. The van der Waals surface area contributed by atoms with E-state index in [1.54, 1.807) is 24.3 Å². The number of carboxylic acid groups (broad SMARTS) is 1. The predicted octanol–water partition coefficient (Wildman–Crippen LogP) is 4.57. The first kappa shape index (κ1) is 26.7. The Morgan fingerprint density at radius 3 is 2.69 bits per heavy atom. The summed E-state index contributed by atoms with van der Waals surface area (Å²) >= 11 is 1.48. The second-order valence-corrected chi connectivity index (χ2v) is 11.6. The molecule has 2 aliphatic heterocycles. The van der Waals surface area contributed by atoms with Gasteiger partial charge in [0.1, 0.15) is 29.1 Å². The average Bonchev–Trinajstić information content (AvgIpc) is 3.53. The molecule has 2 aliphatic rings. The molecule has 7 rings (SSSR count). The zero-order valence-corrected chi connectivity index (χ0v) is 23.6. The van der Waals surface area contributed by atoms with E-state index in [0.29, 0.717) is 24.5 Å². The summed E-state index contributed by atoms with van der Waals surface area (Å²) in [7, 11) is 0. The summed E-state index contributed by atoms with van der Waals surface area (Å²) in [6.45, 7) is 5.63. The summed E-state index contributed by atoms with van der Waals surface area (Å²) in [5.41, 5.74) is 2.52. The molecule has 0 amide bonds. The molecular formula is C30H29FN6O4S. The Kier molecular flexibility index (Phi) is 7.18. The molecule has 2 saturated heterocycles. The van der Waals surface area contributed by atoms with Gasteiger partial charge >= 0.3 is 5.97 Å². The molecule has 0 saturated carbocycles. The number of anilines is 1. The van der Waals surface area contributed by atoms with Crippen LogP contribution in [0, 0.1) is 5.82 Å². The van der Waals surface area contributed by atoms with Crippen molar-refractivity contribution in [3.63, 3.8) is 0 Å². The van der Waals surface area contributed by atoms with Crippen LogP contribution in [0.4, 0.5) is 10.2 Å². The number of ether oxygens (including phenoxy) is 2. The summed E-state index contributed by atoms with van der Waals surface area (Å²) in [6.07, 6.45) is 1.12. The van der Waals surface area contributed by atoms with Gasteiger partial charge in [0.2, 0.25) is 5.88 Å². The number of hydrogen-bond acceptors (Lipinski definition) is 9. The molecule has 2 fully saturated rings. The van der Waals surface area contributed by atoms with Crippen LogP contribution in [0.3, 0.4) is 0 Å². The Morgan fingerprint density at radius 1 is 1.05 bits per heavy atom. The minimum Gasteiger partial charge on any atom is -0.478 e. The molecule has 0 aliphatic carbocycles. The molecule has 12 heteroatoms. The van der Waals surface area contributed by atoms with E-state index in [2.05, 4.69) is 19.4 Å². The molecular weight excluding hydrogens is 559 g/mol. The first-order chi connectivity index (χ1) is 20.5. The quantitative estimate of drug-likeness (QED) is 0.265. The van der Waals surface area contributed by atoms with Crippen LogP contribution in [0.2, 0.25) is 0 Å². The normalized spacial score (nSPS) is 17.5. The van der Waals surface area contributed by atoms with Gasteiger partial charge in [0.25, 0.3) is 0 Å². The van der Waals surface area contributed by atoms with Crippen molar-refractivity contribution in [2.45, 2.75) is 32.2 Å². The zero-order chi connectivity index (χ0) is 28.6. The van der Waals surface area contributed by atoms with Crippen molar-refractivity contribution < 1.29 is 23.8 Å². The molecule has 5 heterocycles. The Bertz CT molecular complexity index is 1760. The summed E-state index contributed by atoms with van der Waals surface area (Å²) in [5.74, 6) is 1.05. The second-order valence-electron chi connectivity index (χ2n) is 10.5. The van der Waals surface area contributed by atoms with E-state index in [4.69, 9.17) is 19.4 Å². The fraction of sp³-hybridized carbons (Fsp3) is 0.333. The van der Waals surface area contributed by atoms with Gasteiger partial charge in [-0.1, -0.05) is 6.07 Å². The molecule has 0 spiro atoms. The Morgan fingerprint density at radius 2 is 1.90 bits per heavy atom. The number of carboxylic acids is 1. The summed E-state index contributed by atoms with van der Waals surface area (Å²) < 4.78 is 28.2. The third-order valence-electron chi connectivity index (χ3n) is 7.76.